The van der Waals surface area contributed by atoms with Crippen molar-refractivity contribution in [3.8, 4) is 0 Å². The molecule has 0 spiro atoms. The van der Waals surface area contributed by atoms with Gasteiger partial charge in [0.2, 0.25) is 0 Å². The van der Waals surface area contributed by atoms with Gasteiger partial charge in [0.05, 0.1) is 31.4 Å². The monoisotopic (exact) mass is 146 g/mol. The minimum absolute atomic E-state index is 0.705. The number of rotatable bonds is 1. The van der Waals surface area contributed by atoms with E-state index in [1.165, 1.54) is 0 Å². The lowest BCUT2D eigenvalue weighted by Crippen LogP contribution is -2.12. The minimum Gasteiger partial charge on any atom is -0.472 e. The standard InChI is InChI=1S/C4H6N2O2S/c7-4(8)9-6-2-1-5-3-6/h3H,1-2H2,(H,7,8). The molecule has 0 bridgehead atoms. The highest BCUT2D eigenvalue weighted by atomic mass is 32.2. The van der Waals surface area contributed by atoms with E-state index in [4.69, 9.17) is 5.11 Å². The van der Waals surface area contributed by atoms with Crippen molar-refractivity contribution in [1.82, 2.24) is 4.31 Å². The lowest BCUT2D eigenvalue weighted by atomic mass is 10.7. The summed E-state index contributed by atoms with van der Waals surface area (Å²) in [5.41, 5.74) is 0. The maximum atomic E-state index is 10.0. The van der Waals surface area contributed by atoms with Crippen LogP contribution in [-0.4, -0.2) is 34.1 Å². The van der Waals surface area contributed by atoms with Gasteiger partial charge in [0.25, 0.3) is 0 Å². The number of aliphatic imine (C=N–C) groups is 1. The third-order valence-corrected chi connectivity index (χ3v) is 1.52. The predicted octanol–water partition coefficient (Wildman–Crippen LogP) is 0.657. The van der Waals surface area contributed by atoms with Crippen molar-refractivity contribution in [3.63, 3.8) is 0 Å². The molecule has 1 N–H and O–H groups in total. The van der Waals surface area contributed by atoms with E-state index in [-0.39, 0.29) is 0 Å². The zero-order valence-electron chi connectivity index (χ0n) is 4.65. The number of nitrogens with zero attached hydrogens (tertiary/aromatic N) is 2. The second-order valence-electron chi connectivity index (χ2n) is 1.52. The Bertz CT molecular complexity index is 148. The van der Waals surface area contributed by atoms with E-state index in [0.29, 0.717) is 13.1 Å². The molecule has 0 aromatic heterocycles. The molecule has 1 heterocycles. The van der Waals surface area contributed by atoms with E-state index < -0.39 is 5.30 Å². The fraction of sp³-hybridized carbons (Fsp3) is 0.500. The molecule has 4 nitrogen and oxygen atoms in total. The highest BCUT2D eigenvalue weighted by Crippen LogP contribution is 2.09. The second kappa shape index (κ2) is 2.72. The molecule has 5 heteroatoms. The van der Waals surface area contributed by atoms with Crippen LogP contribution in [0.5, 0.6) is 0 Å². The summed E-state index contributed by atoms with van der Waals surface area (Å²) in [6.07, 6.45) is 1.54. The molecule has 9 heavy (non-hydrogen) atoms. The van der Waals surface area contributed by atoms with Gasteiger partial charge in [-0.25, -0.2) is 4.79 Å². The fourth-order valence-corrected chi connectivity index (χ4v) is 1.02. The molecule has 0 aromatic carbocycles. The van der Waals surface area contributed by atoms with Gasteiger partial charge in [0.15, 0.2) is 0 Å². The van der Waals surface area contributed by atoms with Crippen LogP contribution < -0.4 is 0 Å². The third kappa shape index (κ3) is 1.93. The number of carboxylic acid groups (broad SMARTS) is 1. The maximum Gasteiger partial charge on any atom is 0.385 e. The maximum absolute atomic E-state index is 10.0. The zero-order chi connectivity index (χ0) is 6.69. The molecule has 0 unspecified atom stereocenters. The topological polar surface area (TPSA) is 52.9 Å². The van der Waals surface area contributed by atoms with Crippen LogP contribution >= 0.6 is 11.9 Å². The molecule has 1 rings (SSSR count). The highest BCUT2D eigenvalue weighted by Gasteiger charge is 2.09. The van der Waals surface area contributed by atoms with Gasteiger partial charge < -0.3 is 5.11 Å². The Morgan fingerprint density at radius 1 is 1.89 bits per heavy atom. The van der Waals surface area contributed by atoms with E-state index in [1.54, 1.807) is 10.6 Å². The number of hydrogen-bond donors (Lipinski definition) is 1. The molecule has 0 radical (unpaired) electrons. The Morgan fingerprint density at radius 3 is 3.11 bits per heavy atom. The molecule has 1 aliphatic rings. The van der Waals surface area contributed by atoms with Crippen molar-refractivity contribution in [2.24, 2.45) is 4.99 Å². The zero-order valence-corrected chi connectivity index (χ0v) is 5.47. The predicted molar refractivity (Wildman–Crippen MR) is 35.7 cm³/mol. The summed E-state index contributed by atoms with van der Waals surface area (Å²) in [6, 6.07) is 0. The van der Waals surface area contributed by atoms with Gasteiger partial charge in [0, 0.05) is 0 Å². The number of hydrogen-bond acceptors (Lipinski definition) is 4. The average molecular weight is 146 g/mol. The van der Waals surface area contributed by atoms with Crippen molar-refractivity contribution in [2.45, 2.75) is 0 Å². The first kappa shape index (κ1) is 6.41. The van der Waals surface area contributed by atoms with Crippen LogP contribution in [-0.2, 0) is 0 Å². The smallest absolute Gasteiger partial charge is 0.385 e. The van der Waals surface area contributed by atoms with E-state index in [1.807, 2.05) is 0 Å². The normalized spacial score (nSPS) is 16.7. The highest BCUT2D eigenvalue weighted by molar-refractivity contribution is 8.11. The van der Waals surface area contributed by atoms with Crippen LogP contribution in [0.1, 0.15) is 0 Å². The minimum atomic E-state index is -0.886. The molecule has 0 saturated heterocycles. The van der Waals surface area contributed by atoms with Gasteiger partial charge in [-0.2, -0.15) is 0 Å². The van der Waals surface area contributed by atoms with Crippen LogP contribution in [0.4, 0.5) is 4.79 Å². The summed E-state index contributed by atoms with van der Waals surface area (Å²) in [4.78, 5) is 13.8. The van der Waals surface area contributed by atoms with Crippen LogP contribution in [0.3, 0.4) is 0 Å². The van der Waals surface area contributed by atoms with Crippen molar-refractivity contribution in [3.05, 3.63) is 0 Å². The summed E-state index contributed by atoms with van der Waals surface area (Å²) >= 11 is 0.763. The van der Waals surface area contributed by atoms with E-state index in [9.17, 15) is 4.79 Å². The molecule has 0 atom stereocenters. The SMILES string of the molecule is O=C(O)SN1C=NCC1. The summed E-state index contributed by atoms with van der Waals surface area (Å²) < 4.78 is 1.59. The molecule has 0 aromatic rings. The van der Waals surface area contributed by atoms with E-state index in [0.717, 1.165) is 11.9 Å². The van der Waals surface area contributed by atoms with E-state index >= 15 is 0 Å². The molecule has 0 aliphatic carbocycles. The number of carbonyl (C=O) groups is 1. The first-order valence-corrected chi connectivity index (χ1v) is 3.24. The Morgan fingerprint density at radius 2 is 2.67 bits per heavy atom. The van der Waals surface area contributed by atoms with Gasteiger partial charge in [-0.05, 0) is 0 Å². The van der Waals surface area contributed by atoms with Crippen LogP contribution in [0.15, 0.2) is 4.99 Å². The Labute approximate surface area is 56.7 Å². The third-order valence-electron chi connectivity index (χ3n) is 0.855. The van der Waals surface area contributed by atoms with Crippen molar-refractivity contribution < 1.29 is 9.90 Å². The summed E-state index contributed by atoms with van der Waals surface area (Å²) in [6.45, 7) is 1.41. The summed E-state index contributed by atoms with van der Waals surface area (Å²) in [7, 11) is 0. The van der Waals surface area contributed by atoms with E-state index in [2.05, 4.69) is 4.99 Å². The Kier molecular flexibility index (Phi) is 1.94. The van der Waals surface area contributed by atoms with Crippen LogP contribution in [0.25, 0.3) is 0 Å². The molecular weight excluding hydrogens is 140 g/mol. The fourth-order valence-electron chi connectivity index (χ4n) is 0.532. The lowest BCUT2D eigenvalue weighted by Gasteiger charge is -2.05. The Balaban J connectivity index is 2.28. The quantitative estimate of drug-likeness (QED) is 0.552. The molecule has 0 amide bonds. The van der Waals surface area contributed by atoms with Crippen molar-refractivity contribution >= 4 is 23.6 Å². The van der Waals surface area contributed by atoms with Crippen molar-refractivity contribution in [2.75, 3.05) is 13.1 Å². The van der Waals surface area contributed by atoms with Crippen LogP contribution in [0, 0.1) is 0 Å². The molecule has 0 saturated carbocycles. The first-order chi connectivity index (χ1) is 4.29. The molecule has 1 aliphatic heterocycles. The lowest BCUT2D eigenvalue weighted by molar-refractivity contribution is 0.221. The van der Waals surface area contributed by atoms with Crippen LogP contribution in [0.2, 0.25) is 0 Å². The van der Waals surface area contributed by atoms with Crippen molar-refractivity contribution in [1.29, 1.82) is 0 Å². The molecule has 0 fully saturated rings. The van der Waals surface area contributed by atoms with Gasteiger partial charge >= 0.3 is 5.30 Å². The van der Waals surface area contributed by atoms with Gasteiger partial charge in [0.1, 0.15) is 0 Å². The summed E-state index contributed by atoms with van der Waals surface area (Å²) in [5, 5.41) is 7.35. The molecular formula is C4H6N2O2S. The summed E-state index contributed by atoms with van der Waals surface area (Å²) in [5.74, 6) is 0. The molecule has 50 valence electrons. The largest absolute Gasteiger partial charge is 0.472 e. The average Bonchev–Trinajstić information content (AvgIpc) is 2.15. The van der Waals surface area contributed by atoms with Gasteiger partial charge in [-0.15, -0.1) is 0 Å². The Hall–Kier alpha value is -0.710. The van der Waals surface area contributed by atoms with Gasteiger partial charge in [-0.1, -0.05) is 0 Å². The first-order valence-electron chi connectivity index (χ1n) is 2.46. The second-order valence-corrected chi connectivity index (χ2v) is 2.52. The van der Waals surface area contributed by atoms with Gasteiger partial charge in [-0.3, -0.25) is 9.30 Å².